The maximum absolute atomic E-state index is 12.4. The molecule has 0 aromatic carbocycles. The van der Waals surface area contributed by atoms with Crippen LogP contribution in [-0.2, 0) is 18.2 Å². The molecule has 0 radical (unpaired) electrons. The highest BCUT2D eigenvalue weighted by Gasteiger charge is 2.27. The molecule has 1 saturated heterocycles. The number of hydrogen-bond donors (Lipinski definition) is 1. The molecule has 2 atom stereocenters. The summed E-state index contributed by atoms with van der Waals surface area (Å²) in [6.45, 7) is 2.66. The number of hydrogen-bond acceptors (Lipinski definition) is 5. The van der Waals surface area contributed by atoms with Gasteiger partial charge in [0.25, 0.3) is 5.91 Å². The Labute approximate surface area is 133 Å². The first kappa shape index (κ1) is 15.2. The smallest absolute Gasteiger partial charge is 0.263 e. The average molecular weight is 320 g/mol. The second-order valence-corrected chi connectivity index (χ2v) is 6.32. The predicted molar refractivity (Wildman–Crippen MR) is 83.9 cm³/mol. The van der Waals surface area contributed by atoms with Crippen LogP contribution >= 0.6 is 11.3 Å². The van der Waals surface area contributed by atoms with Crippen LogP contribution in [0.1, 0.15) is 46.9 Å². The van der Waals surface area contributed by atoms with E-state index >= 15 is 0 Å². The number of thiazole rings is 1. The molecule has 0 spiro atoms. The second kappa shape index (κ2) is 6.58. The SMILES string of the molecule is CCc1ncsc1C(=O)NC1CCOC(c2cncn2C)C1. The standard InChI is InChI=1S/C15H20N4O2S/c1-3-11-14(22-9-17-11)15(20)18-10-4-5-21-13(6-10)12-7-16-8-19(12)2/h7-10,13H,3-6H2,1-2H3,(H,18,20). The Bertz CT molecular complexity index is 652. The molecule has 22 heavy (non-hydrogen) atoms. The minimum absolute atomic E-state index is 0.0151. The van der Waals surface area contributed by atoms with Gasteiger partial charge in [0.2, 0.25) is 0 Å². The molecule has 1 N–H and O–H groups in total. The summed E-state index contributed by atoms with van der Waals surface area (Å²) in [6, 6.07) is 0.118. The summed E-state index contributed by atoms with van der Waals surface area (Å²) in [4.78, 5) is 21.5. The topological polar surface area (TPSA) is 69.0 Å². The first-order valence-electron chi connectivity index (χ1n) is 7.50. The number of rotatable bonds is 4. The quantitative estimate of drug-likeness (QED) is 0.936. The largest absolute Gasteiger partial charge is 0.372 e. The highest BCUT2D eigenvalue weighted by molar-refractivity contribution is 7.11. The van der Waals surface area contributed by atoms with Crippen LogP contribution in [0.4, 0.5) is 0 Å². The van der Waals surface area contributed by atoms with Crippen LogP contribution in [0.15, 0.2) is 18.0 Å². The van der Waals surface area contributed by atoms with Gasteiger partial charge < -0.3 is 14.6 Å². The van der Waals surface area contributed by atoms with Crippen molar-refractivity contribution in [1.29, 1.82) is 0 Å². The maximum Gasteiger partial charge on any atom is 0.263 e. The van der Waals surface area contributed by atoms with Crippen molar-refractivity contribution in [3.63, 3.8) is 0 Å². The van der Waals surface area contributed by atoms with Crippen molar-refractivity contribution in [2.24, 2.45) is 7.05 Å². The highest BCUT2D eigenvalue weighted by Crippen LogP contribution is 2.28. The van der Waals surface area contributed by atoms with Crippen LogP contribution in [-0.4, -0.2) is 33.1 Å². The van der Waals surface area contributed by atoms with Crippen molar-refractivity contribution in [2.45, 2.75) is 38.3 Å². The Morgan fingerprint density at radius 1 is 1.59 bits per heavy atom. The molecule has 7 heteroatoms. The molecular weight excluding hydrogens is 300 g/mol. The van der Waals surface area contributed by atoms with Gasteiger partial charge in [-0.25, -0.2) is 9.97 Å². The van der Waals surface area contributed by atoms with Crippen LogP contribution < -0.4 is 5.32 Å². The summed E-state index contributed by atoms with van der Waals surface area (Å²) < 4.78 is 7.79. The van der Waals surface area contributed by atoms with Crippen LogP contribution in [0.3, 0.4) is 0 Å². The van der Waals surface area contributed by atoms with E-state index in [1.54, 1.807) is 11.8 Å². The zero-order chi connectivity index (χ0) is 15.5. The molecule has 2 unspecified atom stereocenters. The fourth-order valence-electron chi connectivity index (χ4n) is 2.77. The Kier molecular flexibility index (Phi) is 4.54. The molecule has 2 aromatic rings. The second-order valence-electron chi connectivity index (χ2n) is 5.47. The van der Waals surface area contributed by atoms with Crippen molar-refractivity contribution in [2.75, 3.05) is 6.61 Å². The van der Waals surface area contributed by atoms with Gasteiger partial charge in [-0.15, -0.1) is 11.3 Å². The van der Waals surface area contributed by atoms with Gasteiger partial charge in [-0.05, 0) is 19.3 Å². The molecule has 3 rings (SSSR count). The molecule has 0 bridgehead atoms. The van der Waals surface area contributed by atoms with E-state index in [1.807, 2.05) is 24.7 Å². The average Bonchev–Trinajstić information content (AvgIpc) is 3.15. The van der Waals surface area contributed by atoms with Crippen LogP contribution in [0.2, 0.25) is 0 Å². The van der Waals surface area contributed by atoms with E-state index < -0.39 is 0 Å². The van der Waals surface area contributed by atoms with Gasteiger partial charge in [0.1, 0.15) is 11.0 Å². The van der Waals surface area contributed by atoms with Crippen LogP contribution in [0.5, 0.6) is 0 Å². The molecule has 1 amide bonds. The van der Waals surface area contributed by atoms with E-state index in [0.29, 0.717) is 6.61 Å². The molecule has 2 aromatic heterocycles. The Balaban J connectivity index is 1.65. The summed E-state index contributed by atoms with van der Waals surface area (Å²) in [5, 5.41) is 3.13. The minimum atomic E-state index is -0.0185. The van der Waals surface area contributed by atoms with Gasteiger partial charge in [0, 0.05) is 19.7 Å². The molecule has 6 nitrogen and oxygen atoms in total. The molecule has 1 fully saturated rings. The summed E-state index contributed by atoms with van der Waals surface area (Å²) in [7, 11) is 1.96. The zero-order valence-corrected chi connectivity index (χ0v) is 13.6. The molecule has 0 saturated carbocycles. The first-order valence-corrected chi connectivity index (χ1v) is 8.38. The number of carbonyl (C=O) groups excluding carboxylic acids is 1. The number of nitrogens with zero attached hydrogens (tertiary/aromatic N) is 3. The molecule has 1 aliphatic heterocycles. The Morgan fingerprint density at radius 2 is 2.45 bits per heavy atom. The number of carbonyl (C=O) groups is 1. The first-order chi connectivity index (χ1) is 10.7. The normalized spacial score (nSPS) is 21.7. The molecular formula is C15H20N4O2S. The van der Waals surface area contributed by atoms with Crippen molar-refractivity contribution in [1.82, 2.24) is 19.9 Å². The van der Waals surface area contributed by atoms with Crippen molar-refractivity contribution < 1.29 is 9.53 Å². The van der Waals surface area contributed by atoms with Crippen LogP contribution in [0, 0.1) is 0 Å². The van der Waals surface area contributed by atoms with Gasteiger partial charge >= 0.3 is 0 Å². The number of aromatic nitrogens is 3. The number of imidazole rings is 1. The number of amides is 1. The van der Waals surface area contributed by atoms with E-state index in [4.69, 9.17) is 4.74 Å². The zero-order valence-electron chi connectivity index (χ0n) is 12.8. The predicted octanol–water partition coefficient (Wildman–Crippen LogP) is 2.09. The fraction of sp³-hybridized carbons (Fsp3) is 0.533. The van der Waals surface area contributed by atoms with Crippen LogP contribution in [0.25, 0.3) is 0 Å². The van der Waals surface area contributed by atoms with Gasteiger partial charge in [-0.2, -0.15) is 0 Å². The summed E-state index contributed by atoms with van der Waals surface area (Å²) in [5.74, 6) is -0.0185. The minimum Gasteiger partial charge on any atom is -0.372 e. The molecule has 3 heterocycles. The third kappa shape index (κ3) is 3.05. The Hall–Kier alpha value is -1.73. The van der Waals surface area contributed by atoms with E-state index in [9.17, 15) is 4.79 Å². The van der Waals surface area contributed by atoms with E-state index in [0.717, 1.165) is 35.5 Å². The number of nitrogens with one attached hydrogen (secondary N) is 1. The summed E-state index contributed by atoms with van der Waals surface area (Å²) in [5.41, 5.74) is 3.65. The van der Waals surface area contributed by atoms with E-state index in [-0.39, 0.29) is 18.1 Å². The molecule has 1 aliphatic rings. The Morgan fingerprint density at radius 3 is 3.18 bits per heavy atom. The van der Waals surface area contributed by atoms with E-state index in [1.165, 1.54) is 11.3 Å². The lowest BCUT2D eigenvalue weighted by molar-refractivity contribution is -0.00299. The number of aryl methyl sites for hydroxylation is 2. The monoisotopic (exact) mass is 320 g/mol. The number of ether oxygens (including phenoxy) is 1. The molecule has 0 aliphatic carbocycles. The van der Waals surface area contributed by atoms with Gasteiger partial charge in [-0.3, -0.25) is 4.79 Å². The lowest BCUT2D eigenvalue weighted by Gasteiger charge is -2.30. The molecule has 118 valence electrons. The van der Waals surface area contributed by atoms with E-state index in [2.05, 4.69) is 15.3 Å². The fourth-order valence-corrected chi connectivity index (χ4v) is 3.55. The van der Waals surface area contributed by atoms with Gasteiger partial charge in [0.15, 0.2) is 0 Å². The highest BCUT2D eigenvalue weighted by atomic mass is 32.1. The maximum atomic E-state index is 12.4. The van der Waals surface area contributed by atoms with Gasteiger partial charge in [-0.1, -0.05) is 6.92 Å². The lowest BCUT2D eigenvalue weighted by atomic mass is 10.0. The third-order valence-corrected chi connectivity index (χ3v) is 4.85. The van der Waals surface area contributed by atoms with Gasteiger partial charge in [0.05, 0.1) is 29.4 Å². The summed E-state index contributed by atoms with van der Waals surface area (Å²) in [6.07, 6.45) is 5.96. The lowest BCUT2D eigenvalue weighted by Crippen LogP contribution is -2.40. The summed E-state index contributed by atoms with van der Waals surface area (Å²) >= 11 is 1.40. The third-order valence-electron chi connectivity index (χ3n) is 3.99. The van der Waals surface area contributed by atoms with Crippen molar-refractivity contribution >= 4 is 17.2 Å². The van der Waals surface area contributed by atoms with Crippen molar-refractivity contribution in [3.8, 4) is 0 Å². The van der Waals surface area contributed by atoms with Crippen molar-refractivity contribution in [3.05, 3.63) is 34.3 Å².